The molecule has 0 radical (unpaired) electrons. The number of ether oxygens (including phenoxy) is 1. The molecule has 0 bridgehead atoms. The van der Waals surface area contributed by atoms with Gasteiger partial charge >= 0.3 is 5.97 Å². The first-order valence-electron chi connectivity index (χ1n) is 4.83. The maximum Gasteiger partial charge on any atom is 0.314 e. The van der Waals surface area contributed by atoms with E-state index in [1.54, 1.807) is 0 Å². The molecule has 0 heterocycles. The highest BCUT2D eigenvalue weighted by atomic mass is 19.1. The molecular weight excluding hydrogens is 195 g/mol. The summed E-state index contributed by atoms with van der Waals surface area (Å²) in [6.45, 7) is 2.55. The van der Waals surface area contributed by atoms with Crippen molar-refractivity contribution in [2.24, 2.45) is 5.41 Å². The number of benzene rings is 1. The third-order valence-electron chi connectivity index (χ3n) is 2.10. The number of esters is 1. The van der Waals surface area contributed by atoms with Crippen LogP contribution >= 0.6 is 0 Å². The number of carbonyl (C=O) groups excluding carboxylic acids is 1. The fourth-order valence-corrected chi connectivity index (χ4v) is 0.973. The summed E-state index contributed by atoms with van der Waals surface area (Å²) in [7, 11) is 0. The molecule has 0 fully saturated rings. The standard InChI is InChI=1S/C12H15FO2/c1-12(2,9-13)11(14)15-8-10-6-4-3-5-7-10/h3-7H,8-9H2,1-2H3. The minimum Gasteiger partial charge on any atom is -0.460 e. The van der Waals surface area contributed by atoms with Gasteiger partial charge in [-0.15, -0.1) is 0 Å². The monoisotopic (exact) mass is 210 g/mol. The maximum absolute atomic E-state index is 12.4. The zero-order chi connectivity index (χ0) is 11.3. The minimum atomic E-state index is -1.05. The van der Waals surface area contributed by atoms with E-state index in [-0.39, 0.29) is 6.61 Å². The van der Waals surface area contributed by atoms with Gasteiger partial charge in [-0.2, -0.15) is 0 Å². The lowest BCUT2D eigenvalue weighted by Gasteiger charge is -2.18. The average Bonchev–Trinajstić information content (AvgIpc) is 2.27. The molecule has 0 N–H and O–H groups in total. The molecule has 0 aliphatic rings. The van der Waals surface area contributed by atoms with Crippen LogP contribution in [-0.4, -0.2) is 12.6 Å². The van der Waals surface area contributed by atoms with E-state index in [0.29, 0.717) is 0 Å². The number of rotatable bonds is 4. The Morgan fingerprint density at radius 1 is 1.33 bits per heavy atom. The lowest BCUT2D eigenvalue weighted by Crippen LogP contribution is -2.28. The van der Waals surface area contributed by atoms with E-state index in [1.807, 2.05) is 30.3 Å². The Morgan fingerprint density at radius 3 is 2.47 bits per heavy atom. The van der Waals surface area contributed by atoms with Crippen LogP contribution in [0.25, 0.3) is 0 Å². The van der Waals surface area contributed by atoms with E-state index in [2.05, 4.69) is 0 Å². The fraction of sp³-hybridized carbons (Fsp3) is 0.417. The van der Waals surface area contributed by atoms with Crippen LogP contribution in [0.3, 0.4) is 0 Å². The van der Waals surface area contributed by atoms with Gasteiger partial charge in [0, 0.05) is 0 Å². The third kappa shape index (κ3) is 3.35. The second kappa shape index (κ2) is 4.91. The second-order valence-electron chi connectivity index (χ2n) is 4.08. The van der Waals surface area contributed by atoms with Crippen LogP contribution in [0.15, 0.2) is 30.3 Å². The highest BCUT2D eigenvalue weighted by Crippen LogP contribution is 2.18. The Hall–Kier alpha value is -1.38. The first-order valence-corrected chi connectivity index (χ1v) is 4.83. The predicted molar refractivity (Wildman–Crippen MR) is 56.0 cm³/mol. The van der Waals surface area contributed by atoms with Gasteiger partial charge in [0.2, 0.25) is 0 Å². The van der Waals surface area contributed by atoms with E-state index in [1.165, 1.54) is 13.8 Å². The normalized spacial score (nSPS) is 11.1. The smallest absolute Gasteiger partial charge is 0.314 e. The average molecular weight is 210 g/mol. The summed E-state index contributed by atoms with van der Waals surface area (Å²) in [5.74, 6) is -0.506. The van der Waals surface area contributed by atoms with E-state index in [0.717, 1.165) is 5.56 Å². The van der Waals surface area contributed by atoms with Gasteiger partial charge in [0.25, 0.3) is 0 Å². The van der Waals surface area contributed by atoms with Crippen LogP contribution in [0.1, 0.15) is 19.4 Å². The molecule has 0 aliphatic heterocycles. The molecule has 1 aromatic rings. The number of halogens is 1. The molecule has 15 heavy (non-hydrogen) atoms. The van der Waals surface area contributed by atoms with Crippen molar-refractivity contribution in [1.29, 1.82) is 0 Å². The fourth-order valence-electron chi connectivity index (χ4n) is 0.973. The van der Waals surface area contributed by atoms with Gasteiger partial charge in [-0.25, -0.2) is 4.39 Å². The molecular formula is C12H15FO2. The lowest BCUT2D eigenvalue weighted by molar-refractivity contribution is -0.156. The van der Waals surface area contributed by atoms with Crippen molar-refractivity contribution >= 4 is 5.97 Å². The van der Waals surface area contributed by atoms with E-state index < -0.39 is 18.1 Å². The Labute approximate surface area is 89.1 Å². The Kier molecular flexibility index (Phi) is 3.83. The van der Waals surface area contributed by atoms with E-state index in [9.17, 15) is 9.18 Å². The van der Waals surface area contributed by atoms with Gasteiger partial charge in [-0.1, -0.05) is 30.3 Å². The molecule has 2 nitrogen and oxygen atoms in total. The zero-order valence-corrected chi connectivity index (χ0v) is 9.00. The number of hydrogen-bond donors (Lipinski definition) is 0. The van der Waals surface area contributed by atoms with Crippen molar-refractivity contribution in [3.8, 4) is 0 Å². The van der Waals surface area contributed by atoms with Gasteiger partial charge in [0.15, 0.2) is 0 Å². The first kappa shape index (κ1) is 11.7. The Balaban J connectivity index is 2.48. The Bertz CT molecular complexity index is 320. The topological polar surface area (TPSA) is 26.3 Å². The van der Waals surface area contributed by atoms with Crippen molar-refractivity contribution in [3.05, 3.63) is 35.9 Å². The van der Waals surface area contributed by atoms with Crippen molar-refractivity contribution in [2.75, 3.05) is 6.67 Å². The van der Waals surface area contributed by atoms with Crippen LogP contribution in [0, 0.1) is 5.41 Å². The van der Waals surface area contributed by atoms with Crippen LogP contribution in [-0.2, 0) is 16.1 Å². The summed E-state index contributed by atoms with van der Waals surface area (Å²) < 4.78 is 17.5. The molecule has 0 saturated carbocycles. The summed E-state index contributed by atoms with van der Waals surface area (Å²) in [4.78, 5) is 11.4. The van der Waals surface area contributed by atoms with Crippen LogP contribution in [0.5, 0.6) is 0 Å². The van der Waals surface area contributed by atoms with Crippen molar-refractivity contribution < 1.29 is 13.9 Å². The molecule has 82 valence electrons. The van der Waals surface area contributed by atoms with Gasteiger partial charge < -0.3 is 4.74 Å². The van der Waals surface area contributed by atoms with Crippen LogP contribution < -0.4 is 0 Å². The van der Waals surface area contributed by atoms with Crippen molar-refractivity contribution in [1.82, 2.24) is 0 Å². The molecule has 0 spiro atoms. The maximum atomic E-state index is 12.4. The number of carbonyl (C=O) groups is 1. The summed E-state index contributed by atoms with van der Waals surface area (Å²) in [5, 5.41) is 0. The molecule has 0 atom stereocenters. The number of hydrogen-bond acceptors (Lipinski definition) is 2. The quantitative estimate of drug-likeness (QED) is 0.714. The number of alkyl halides is 1. The highest BCUT2D eigenvalue weighted by molar-refractivity contribution is 5.76. The minimum absolute atomic E-state index is 0.198. The molecule has 0 amide bonds. The molecule has 0 aliphatic carbocycles. The Morgan fingerprint density at radius 2 is 1.93 bits per heavy atom. The van der Waals surface area contributed by atoms with Gasteiger partial charge in [0.1, 0.15) is 13.3 Å². The molecule has 1 aromatic carbocycles. The molecule has 3 heteroatoms. The third-order valence-corrected chi connectivity index (χ3v) is 2.10. The van der Waals surface area contributed by atoms with Crippen LogP contribution in [0.2, 0.25) is 0 Å². The van der Waals surface area contributed by atoms with E-state index in [4.69, 9.17) is 4.74 Å². The predicted octanol–water partition coefficient (Wildman–Crippen LogP) is 2.73. The van der Waals surface area contributed by atoms with Crippen molar-refractivity contribution in [2.45, 2.75) is 20.5 Å². The summed E-state index contributed by atoms with van der Waals surface area (Å²) in [6.07, 6.45) is 0. The molecule has 0 saturated heterocycles. The van der Waals surface area contributed by atoms with Gasteiger partial charge in [0.05, 0.1) is 5.41 Å². The lowest BCUT2D eigenvalue weighted by atomic mass is 9.96. The molecule has 0 aromatic heterocycles. The summed E-state index contributed by atoms with van der Waals surface area (Å²) in [6, 6.07) is 9.33. The first-order chi connectivity index (χ1) is 7.06. The zero-order valence-electron chi connectivity index (χ0n) is 9.00. The summed E-state index contributed by atoms with van der Waals surface area (Å²) in [5.41, 5.74) is -0.144. The van der Waals surface area contributed by atoms with E-state index >= 15 is 0 Å². The van der Waals surface area contributed by atoms with Crippen LogP contribution in [0.4, 0.5) is 4.39 Å². The highest BCUT2D eigenvalue weighted by Gasteiger charge is 2.29. The largest absolute Gasteiger partial charge is 0.460 e. The van der Waals surface area contributed by atoms with Crippen molar-refractivity contribution in [3.63, 3.8) is 0 Å². The second-order valence-corrected chi connectivity index (χ2v) is 4.08. The molecule has 1 rings (SSSR count). The van der Waals surface area contributed by atoms with Gasteiger partial charge in [-0.05, 0) is 19.4 Å². The molecule has 0 unspecified atom stereocenters. The summed E-state index contributed by atoms with van der Waals surface area (Å²) >= 11 is 0. The SMILES string of the molecule is CC(C)(CF)C(=O)OCc1ccccc1. The van der Waals surface area contributed by atoms with Gasteiger partial charge in [-0.3, -0.25) is 4.79 Å².